The third kappa shape index (κ3) is 5.27. The molecule has 6 nitrogen and oxygen atoms in total. The van der Waals surface area contributed by atoms with Crippen LogP contribution in [0.15, 0.2) is 109 Å². The summed E-state index contributed by atoms with van der Waals surface area (Å²) >= 11 is 0. The molecule has 0 aliphatic heterocycles. The van der Waals surface area contributed by atoms with E-state index in [-0.39, 0.29) is 17.1 Å². The molecular formula is C28H22CuN6+. The van der Waals surface area contributed by atoms with Gasteiger partial charge in [-0.3, -0.25) is 9.97 Å². The predicted octanol–water partition coefficient (Wildman–Crippen LogP) is 5.76. The molecule has 0 saturated carbocycles. The monoisotopic (exact) mass is 505 g/mol. The van der Waals surface area contributed by atoms with E-state index in [0.717, 1.165) is 44.3 Å². The molecular weight excluding hydrogens is 484 g/mol. The molecule has 0 spiro atoms. The van der Waals surface area contributed by atoms with Gasteiger partial charge in [0.2, 0.25) is 0 Å². The smallest absolute Gasteiger partial charge is 0.383 e. The molecule has 174 valence electrons. The van der Waals surface area contributed by atoms with Gasteiger partial charge in [0.1, 0.15) is 11.6 Å². The molecule has 4 heterocycles. The van der Waals surface area contributed by atoms with E-state index in [1.807, 2.05) is 97.1 Å². The van der Waals surface area contributed by atoms with Gasteiger partial charge < -0.3 is 11.5 Å². The van der Waals surface area contributed by atoms with Crippen LogP contribution in [0.4, 0.5) is 11.6 Å². The summed E-state index contributed by atoms with van der Waals surface area (Å²) in [6.07, 6.45) is 3.50. The van der Waals surface area contributed by atoms with Gasteiger partial charge >= 0.3 is 17.1 Å². The van der Waals surface area contributed by atoms with Crippen molar-refractivity contribution in [3.8, 4) is 22.8 Å². The maximum Gasteiger partial charge on any atom is 1.00 e. The van der Waals surface area contributed by atoms with E-state index in [1.54, 1.807) is 12.4 Å². The van der Waals surface area contributed by atoms with Crippen molar-refractivity contribution in [1.82, 2.24) is 19.9 Å². The summed E-state index contributed by atoms with van der Waals surface area (Å²) in [5, 5.41) is 4.13. The third-order valence-electron chi connectivity index (χ3n) is 5.39. The van der Waals surface area contributed by atoms with Gasteiger partial charge in [-0.2, -0.15) is 0 Å². The Bertz CT molecular complexity index is 1450. The van der Waals surface area contributed by atoms with Crippen LogP contribution >= 0.6 is 0 Å². The van der Waals surface area contributed by atoms with E-state index in [0.29, 0.717) is 11.6 Å². The average molecular weight is 506 g/mol. The van der Waals surface area contributed by atoms with Gasteiger partial charge in [-0.15, -0.1) is 0 Å². The first-order chi connectivity index (χ1) is 16.7. The molecule has 6 aromatic rings. The number of nitrogens with two attached hydrogens (primary N) is 2. The Morgan fingerprint density at radius 1 is 0.457 bits per heavy atom. The summed E-state index contributed by atoms with van der Waals surface area (Å²) in [5.41, 5.74) is 15.2. The normalized spacial score (nSPS) is 10.3. The molecule has 0 unspecified atom stereocenters. The molecule has 0 radical (unpaired) electrons. The summed E-state index contributed by atoms with van der Waals surface area (Å²) in [6.45, 7) is 0. The quantitative estimate of drug-likeness (QED) is 0.290. The number of rotatable bonds is 2. The van der Waals surface area contributed by atoms with Crippen LogP contribution in [0.1, 0.15) is 0 Å². The second-order valence-corrected chi connectivity index (χ2v) is 7.66. The van der Waals surface area contributed by atoms with E-state index in [2.05, 4.69) is 19.9 Å². The summed E-state index contributed by atoms with van der Waals surface area (Å²) < 4.78 is 0. The minimum Gasteiger partial charge on any atom is -0.383 e. The number of pyridine rings is 4. The molecule has 4 N–H and O–H groups in total. The van der Waals surface area contributed by atoms with E-state index in [9.17, 15) is 0 Å². The number of hydrogen-bond acceptors (Lipinski definition) is 6. The van der Waals surface area contributed by atoms with Crippen molar-refractivity contribution in [2.75, 3.05) is 11.5 Å². The van der Waals surface area contributed by atoms with Crippen LogP contribution in [0.2, 0.25) is 0 Å². The number of fused-ring (bicyclic) bond motifs is 2. The van der Waals surface area contributed by atoms with Gasteiger partial charge in [0, 0.05) is 23.2 Å². The Balaban J connectivity index is 0.000000160. The van der Waals surface area contributed by atoms with Crippen molar-refractivity contribution in [2.45, 2.75) is 0 Å². The number of hydrogen-bond donors (Lipinski definition) is 2. The Morgan fingerprint density at radius 3 is 1.26 bits per heavy atom. The largest absolute Gasteiger partial charge is 1.00 e. The van der Waals surface area contributed by atoms with Crippen molar-refractivity contribution in [3.63, 3.8) is 0 Å². The zero-order valence-electron chi connectivity index (χ0n) is 18.6. The van der Waals surface area contributed by atoms with Crippen LogP contribution < -0.4 is 11.5 Å². The molecule has 0 atom stereocenters. The fourth-order valence-corrected chi connectivity index (χ4v) is 3.74. The molecule has 6 rings (SSSR count). The second-order valence-electron chi connectivity index (χ2n) is 7.66. The molecule has 2 aromatic carbocycles. The fraction of sp³-hybridized carbons (Fsp3) is 0. The van der Waals surface area contributed by atoms with E-state index in [4.69, 9.17) is 11.5 Å². The summed E-state index contributed by atoms with van der Waals surface area (Å²) in [4.78, 5) is 17.3. The number of anilines is 2. The van der Waals surface area contributed by atoms with Gasteiger partial charge in [-0.25, -0.2) is 9.97 Å². The first kappa shape index (κ1) is 23.8. The minimum absolute atomic E-state index is 0. The molecule has 0 fully saturated rings. The first-order valence-corrected chi connectivity index (χ1v) is 10.8. The average Bonchev–Trinajstić information content (AvgIpc) is 2.90. The topological polar surface area (TPSA) is 104 Å². The molecule has 4 aromatic heterocycles. The number of benzene rings is 2. The van der Waals surface area contributed by atoms with Crippen LogP contribution in [-0.4, -0.2) is 19.9 Å². The maximum absolute atomic E-state index is 5.96. The molecule has 0 saturated heterocycles. The minimum atomic E-state index is 0. The summed E-state index contributed by atoms with van der Waals surface area (Å²) in [6, 6.07) is 31.4. The van der Waals surface area contributed by atoms with E-state index >= 15 is 0 Å². The van der Waals surface area contributed by atoms with E-state index in [1.165, 1.54) is 0 Å². The fourth-order valence-electron chi connectivity index (χ4n) is 3.74. The van der Waals surface area contributed by atoms with E-state index < -0.39 is 0 Å². The van der Waals surface area contributed by atoms with Crippen molar-refractivity contribution >= 4 is 33.2 Å². The molecule has 7 heteroatoms. The zero-order valence-corrected chi connectivity index (χ0v) is 19.6. The Morgan fingerprint density at radius 2 is 0.857 bits per heavy atom. The van der Waals surface area contributed by atoms with Crippen molar-refractivity contribution in [2.24, 2.45) is 0 Å². The number of nitrogens with zero attached hydrogens (tertiary/aromatic N) is 4. The Hall–Kier alpha value is -4.32. The standard InChI is InChI=1S/2C14H11N3.Cu/c2*15-14-11-6-2-1-5-10(11)9-13(17-14)12-7-3-4-8-16-12;/h2*1-9H,(H2,15,17);/q;;+1. The van der Waals surface area contributed by atoms with Gasteiger partial charge in [0.25, 0.3) is 0 Å². The SMILES string of the molecule is Nc1nc(-c2ccccn2)cc2ccccc12.Nc1nc(-c2ccccn2)cc2ccccc12.[Cu+]. The second kappa shape index (κ2) is 10.7. The van der Waals surface area contributed by atoms with Crippen molar-refractivity contribution in [1.29, 1.82) is 0 Å². The van der Waals surface area contributed by atoms with Crippen LogP contribution in [0.3, 0.4) is 0 Å². The number of aromatic nitrogens is 4. The van der Waals surface area contributed by atoms with Gasteiger partial charge in [-0.05, 0) is 47.2 Å². The zero-order chi connectivity index (χ0) is 23.3. The molecule has 0 aliphatic rings. The molecule has 0 aliphatic carbocycles. The summed E-state index contributed by atoms with van der Waals surface area (Å²) in [7, 11) is 0. The molecule has 35 heavy (non-hydrogen) atoms. The first-order valence-electron chi connectivity index (χ1n) is 10.8. The van der Waals surface area contributed by atoms with Gasteiger partial charge in [-0.1, -0.05) is 60.7 Å². The third-order valence-corrected chi connectivity index (χ3v) is 5.39. The molecule has 0 amide bonds. The van der Waals surface area contributed by atoms with Crippen LogP contribution in [0, 0.1) is 0 Å². The predicted molar refractivity (Wildman–Crippen MR) is 139 cm³/mol. The summed E-state index contributed by atoms with van der Waals surface area (Å²) in [5.74, 6) is 1.09. The Kier molecular flexibility index (Phi) is 7.31. The van der Waals surface area contributed by atoms with Crippen LogP contribution in [-0.2, 0) is 17.1 Å². The van der Waals surface area contributed by atoms with Gasteiger partial charge in [0.15, 0.2) is 0 Å². The molecule has 0 bridgehead atoms. The Labute approximate surface area is 213 Å². The van der Waals surface area contributed by atoms with Gasteiger partial charge in [0.05, 0.1) is 22.8 Å². The van der Waals surface area contributed by atoms with Crippen molar-refractivity contribution < 1.29 is 17.1 Å². The number of nitrogen functional groups attached to an aromatic ring is 2. The van der Waals surface area contributed by atoms with Crippen molar-refractivity contribution in [3.05, 3.63) is 109 Å². The maximum atomic E-state index is 5.96. The van der Waals surface area contributed by atoms with Crippen LogP contribution in [0.5, 0.6) is 0 Å². The van der Waals surface area contributed by atoms with Crippen LogP contribution in [0.25, 0.3) is 44.3 Å².